The molecule has 3 nitrogen and oxygen atoms in total. The molecular formula is C10H17FN2O. The van der Waals surface area contributed by atoms with E-state index in [2.05, 4.69) is 4.99 Å². The summed E-state index contributed by atoms with van der Waals surface area (Å²) in [4.78, 5) is 3.73. The first kappa shape index (κ1) is 12.7. The number of amidine groups is 1. The molecule has 4 heteroatoms. The van der Waals surface area contributed by atoms with Crippen molar-refractivity contribution in [3.05, 3.63) is 23.5 Å². The fourth-order valence-electron chi connectivity index (χ4n) is 0.805. The minimum Gasteiger partial charge on any atom is -0.501 e. The van der Waals surface area contributed by atoms with Gasteiger partial charge in [0.1, 0.15) is 5.84 Å². The summed E-state index contributed by atoms with van der Waals surface area (Å²) in [6.45, 7) is 3.76. The van der Waals surface area contributed by atoms with Crippen LogP contribution in [0.2, 0.25) is 0 Å². The van der Waals surface area contributed by atoms with E-state index in [0.29, 0.717) is 12.3 Å². The van der Waals surface area contributed by atoms with Gasteiger partial charge in [-0.1, -0.05) is 11.6 Å². The highest BCUT2D eigenvalue weighted by molar-refractivity contribution is 5.83. The number of methoxy groups -OCH3 is 1. The van der Waals surface area contributed by atoms with Crippen molar-refractivity contribution < 1.29 is 9.22 Å². The van der Waals surface area contributed by atoms with Gasteiger partial charge in [0.15, 0.2) is 0 Å². The van der Waals surface area contributed by atoms with Crippen LogP contribution in [0.5, 0.6) is 0 Å². The fraction of sp³-hybridized carbons (Fsp3) is 0.500. The van der Waals surface area contributed by atoms with E-state index in [4.69, 9.17) is 4.74 Å². The maximum absolute atomic E-state index is 12.0. The van der Waals surface area contributed by atoms with Gasteiger partial charge < -0.3 is 4.74 Å². The summed E-state index contributed by atoms with van der Waals surface area (Å²) in [5, 5.41) is 0. The molecule has 0 aromatic carbocycles. The van der Waals surface area contributed by atoms with Crippen molar-refractivity contribution in [1.29, 1.82) is 0 Å². The molecule has 0 amide bonds. The second-order valence-corrected chi connectivity index (χ2v) is 2.94. The molecule has 0 radical (unpaired) electrons. The number of allylic oxidation sites excluding steroid dienone is 3. The molecule has 0 rings (SSSR count). The standard InChI is InChI=1S/C10H17FN2O/c1-8(5-6-9(2)14-4)7-10(12-3)13-11/h5-6H,7H2,1-4H3,(H,12,13)/b8-5+,9-6+. The van der Waals surface area contributed by atoms with Crippen molar-refractivity contribution in [3.8, 4) is 0 Å². The molecule has 0 aromatic rings. The third-order valence-corrected chi connectivity index (χ3v) is 1.75. The van der Waals surface area contributed by atoms with Crippen molar-refractivity contribution in [1.82, 2.24) is 5.54 Å². The smallest absolute Gasteiger partial charge is 0.129 e. The molecule has 0 atom stereocenters. The van der Waals surface area contributed by atoms with Crippen LogP contribution in [0, 0.1) is 0 Å². The van der Waals surface area contributed by atoms with Gasteiger partial charge in [-0.05, 0) is 19.9 Å². The lowest BCUT2D eigenvalue weighted by molar-refractivity contribution is 0.293. The van der Waals surface area contributed by atoms with Crippen LogP contribution in [0.15, 0.2) is 28.5 Å². The topological polar surface area (TPSA) is 33.6 Å². The molecule has 0 aromatic heterocycles. The number of rotatable bonds is 4. The van der Waals surface area contributed by atoms with Crippen LogP contribution in [-0.4, -0.2) is 20.0 Å². The summed E-state index contributed by atoms with van der Waals surface area (Å²) >= 11 is 0. The number of hydrogen-bond acceptors (Lipinski definition) is 2. The third kappa shape index (κ3) is 5.35. The molecule has 0 spiro atoms. The van der Waals surface area contributed by atoms with Gasteiger partial charge in [0.05, 0.1) is 12.9 Å². The lowest BCUT2D eigenvalue weighted by Crippen LogP contribution is -2.13. The van der Waals surface area contributed by atoms with Crippen LogP contribution in [-0.2, 0) is 4.74 Å². The minimum atomic E-state index is 0.321. The summed E-state index contributed by atoms with van der Waals surface area (Å²) in [6, 6.07) is 0. The van der Waals surface area contributed by atoms with Gasteiger partial charge in [0.25, 0.3) is 0 Å². The van der Waals surface area contributed by atoms with Gasteiger partial charge in [-0.3, -0.25) is 4.99 Å². The normalized spacial score (nSPS) is 14.2. The van der Waals surface area contributed by atoms with E-state index in [-0.39, 0.29) is 0 Å². The summed E-state index contributed by atoms with van der Waals surface area (Å²) in [5.74, 6) is 1.13. The lowest BCUT2D eigenvalue weighted by Gasteiger charge is -2.01. The zero-order valence-electron chi connectivity index (χ0n) is 9.10. The summed E-state index contributed by atoms with van der Waals surface area (Å²) in [6.07, 6.45) is 4.18. The van der Waals surface area contributed by atoms with Crippen molar-refractivity contribution in [2.45, 2.75) is 20.3 Å². The van der Waals surface area contributed by atoms with E-state index in [9.17, 15) is 4.48 Å². The first-order chi connectivity index (χ1) is 6.63. The minimum absolute atomic E-state index is 0.321. The van der Waals surface area contributed by atoms with E-state index < -0.39 is 0 Å². The van der Waals surface area contributed by atoms with Crippen molar-refractivity contribution >= 4 is 5.84 Å². The van der Waals surface area contributed by atoms with Crippen LogP contribution in [0.25, 0.3) is 0 Å². The average molecular weight is 200 g/mol. The van der Waals surface area contributed by atoms with Crippen LogP contribution in [0.3, 0.4) is 0 Å². The second-order valence-electron chi connectivity index (χ2n) is 2.94. The Morgan fingerprint density at radius 1 is 1.43 bits per heavy atom. The zero-order valence-corrected chi connectivity index (χ0v) is 9.10. The molecule has 0 heterocycles. The maximum Gasteiger partial charge on any atom is 0.129 e. The summed E-state index contributed by atoms with van der Waals surface area (Å²) in [5.41, 5.74) is 2.55. The van der Waals surface area contributed by atoms with Crippen molar-refractivity contribution in [2.24, 2.45) is 4.99 Å². The van der Waals surface area contributed by atoms with Crippen LogP contribution in [0.4, 0.5) is 4.48 Å². The SMILES string of the molecule is CN=C(C/C(C)=C/C=C(\C)OC)NF. The molecular weight excluding hydrogens is 183 g/mol. The highest BCUT2D eigenvalue weighted by Crippen LogP contribution is 2.03. The molecule has 0 saturated carbocycles. The Balaban J connectivity index is 4.27. The largest absolute Gasteiger partial charge is 0.501 e. The van der Waals surface area contributed by atoms with Crippen molar-refractivity contribution in [3.63, 3.8) is 0 Å². The molecule has 0 aliphatic carbocycles. The van der Waals surface area contributed by atoms with Gasteiger partial charge in [-0.15, -0.1) is 4.48 Å². The molecule has 1 N–H and O–H groups in total. The highest BCUT2D eigenvalue weighted by atomic mass is 19.2. The Bertz CT molecular complexity index is 257. The number of halogens is 1. The van der Waals surface area contributed by atoms with Gasteiger partial charge in [-0.2, -0.15) is 0 Å². The molecule has 0 unspecified atom stereocenters. The molecule has 80 valence electrons. The fourth-order valence-corrected chi connectivity index (χ4v) is 0.805. The summed E-state index contributed by atoms with van der Waals surface area (Å²) < 4.78 is 17.0. The third-order valence-electron chi connectivity index (χ3n) is 1.75. The number of aliphatic imine (C=N–C) groups is 1. The summed E-state index contributed by atoms with van der Waals surface area (Å²) in [7, 11) is 3.16. The molecule has 0 fully saturated rings. The molecule has 0 saturated heterocycles. The maximum atomic E-state index is 12.0. The number of nitrogens with one attached hydrogen (secondary N) is 1. The zero-order chi connectivity index (χ0) is 11.0. The first-order valence-electron chi connectivity index (χ1n) is 4.34. The van der Waals surface area contributed by atoms with Crippen LogP contribution < -0.4 is 5.54 Å². The predicted octanol–water partition coefficient (Wildman–Crippen LogP) is 2.38. The molecule has 0 aliphatic heterocycles. The number of hydrogen-bond donors (Lipinski definition) is 1. The Morgan fingerprint density at radius 2 is 2.07 bits per heavy atom. The average Bonchev–Trinajstić information content (AvgIpc) is 2.22. The molecule has 0 aliphatic rings. The number of nitrogens with zero attached hydrogens (tertiary/aromatic N) is 1. The van der Waals surface area contributed by atoms with Gasteiger partial charge in [0, 0.05) is 13.5 Å². The lowest BCUT2D eigenvalue weighted by atomic mass is 10.2. The first-order valence-corrected chi connectivity index (χ1v) is 4.34. The number of ether oxygens (including phenoxy) is 1. The van der Waals surface area contributed by atoms with Crippen molar-refractivity contribution in [2.75, 3.05) is 14.2 Å². The van der Waals surface area contributed by atoms with Gasteiger partial charge in [0.2, 0.25) is 0 Å². The Hall–Kier alpha value is -1.32. The van der Waals surface area contributed by atoms with Gasteiger partial charge >= 0.3 is 0 Å². The van der Waals surface area contributed by atoms with E-state index in [1.54, 1.807) is 19.7 Å². The predicted molar refractivity (Wildman–Crippen MR) is 56.7 cm³/mol. The van der Waals surface area contributed by atoms with E-state index in [0.717, 1.165) is 11.3 Å². The van der Waals surface area contributed by atoms with E-state index in [1.807, 2.05) is 26.0 Å². The molecule has 14 heavy (non-hydrogen) atoms. The highest BCUT2D eigenvalue weighted by Gasteiger charge is 1.97. The van der Waals surface area contributed by atoms with E-state index in [1.165, 1.54) is 0 Å². The Morgan fingerprint density at radius 3 is 2.50 bits per heavy atom. The Labute approximate surface area is 84.3 Å². The van der Waals surface area contributed by atoms with E-state index >= 15 is 0 Å². The molecule has 0 bridgehead atoms. The van der Waals surface area contributed by atoms with Crippen LogP contribution >= 0.6 is 0 Å². The Kier molecular flexibility index (Phi) is 6.45. The van der Waals surface area contributed by atoms with Crippen LogP contribution in [0.1, 0.15) is 20.3 Å². The quantitative estimate of drug-likeness (QED) is 0.248. The second kappa shape index (κ2) is 7.12. The monoisotopic (exact) mass is 200 g/mol. The van der Waals surface area contributed by atoms with Gasteiger partial charge in [-0.25, -0.2) is 5.54 Å².